The molecule has 0 aliphatic rings. The average molecular weight is 449 g/mol. The standard InChI is InChI=1S/C22H19F3N4O.ClH/c23-22(24,25)18-4-2-15(3-5-18)16-8-11-28(21(30)13-16)19-6-7-20-17(12-19)14-27-29(20)10-1-9-26;/h2-8,11-14H,1,9-10,26H2;1H. The van der Waals surface area contributed by atoms with Gasteiger partial charge in [0, 0.05) is 29.9 Å². The number of halogens is 4. The minimum absolute atomic E-state index is 0. The SMILES string of the molecule is Cl.NCCCn1ncc2cc(-n3ccc(-c4ccc(C(F)(F)F)cc4)cc3=O)ccc21. The zero-order chi connectivity index (χ0) is 21.3. The van der Waals surface area contributed by atoms with E-state index in [1.807, 2.05) is 22.9 Å². The summed E-state index contributed by atoms with van der Waals surface area (Å²) in [5.74, 6) is 0. The number of nitrogens with two attached hydrogens (primary N) is 1. The zero-order valence-electron chi connectivity index (χ0n) is 16.3. The molecular weight excluding hydrogens is 429 g/mol. The van der Waals surface area contributed by atoms with E-state index >= 15 is 0 Å². The topological polar surface area (TPSA) is 65.8 Å². The Morgan fingerprint density at radius 1 is 0.968 bits per heavy atom. The van der Waals surface area contributed by atoms with Gasteiger partial charge in [0.05, 0.1) is 17.3 Å². The van der Waals surface area contributed by atoms with Gasteiger partial charge in [-0.3, -0.25) is 14.0 Å². The predicted octanol–water partition coefficient (Wildman–Crippen LogP) is 4.64. The summed E-state index contributed by atoms with van der Waals surface area (Å²) in [6.07, 6.45) is -0.200. The van der Waals surface area contributed by atoms with E-state index < -0.39 is 11.7 Å². The van der Waals surface area contributed by atoms with Gasteiger partial charge >= 0.3 is 6.18 Å². The lowest BCUT2D eigenvalue weighted by atomic mass is 10.0. The van der Waals surface area contributed by atoms with Crippen molar-refractivity contribution in [2.75, 3.05) is 6.54 Å². The fraction of sp³-hybridized carbons (Fsp3) is 0.182. The van der Waals surface area contributed by atoms with Crippen molar-refractivity contribution in [3.05, 3.63) is 82.9 Å². The summed E-state index contributed by atoms with van der Waals surface area (Å²) < 4.78 is 41.6. The summed E-state index contributed by atoms with van der Waals surface area (Å²) in [4.78, 5) is 12.7. The number of hydrogen-bond donors (Lipinski definition) is 1. The molecule has 2 aromatic carbocycles. The molecule has 5 nitrogen and oxygen atoms in total. The van der Waals surface area contributed by atoms with Crippen LogP contribution in [0.25, 0.3) is 27.7 Å². The molecule has 0 saturated carbocycles. The number of pyridine rings is 1. The van der Waals surface area contributed by atoms with Gasteiger partial charge in [-0.1, -0.05) is 12.1 Å². The summed E-state index contributed by atoms with van der Waals surface area (Å²) in [5, 5.41) is 5.27. The molecule has 2 heterocycles. The number of nitrogens with zero attached hydrogens (tertiary/aromatic N) is 3. The molecule has 0 saturated heterocycles. The van der Waals surface area contributed by atoms with E-state index in [0.29, 0.717) is 23.4 Å². The monoisotopic (exact) mass is 448 g/mol. The molecule has 0 amide bonds. The van der Waals surface area contributed by atoms with Crippen LogP contribution in [0, 0.1) is 0 Å². The van der Waals surface area contributed by atoms with Crippen molar-refractivity contribution in [1.29, 1.82) is 0 Å². The van der Waals surface area contributed by atoms with Crippen LogP contribution in [0.1, 0.15) is 12.0 Å². The van der Waals surface area contributed by atoms with Crippen molar-refractivity contribution in [2.24, 2.45) is 5.73 Å². The van der Waals surface area contributed by atoms with Crippen LogP contribution in [-0.2, 0) is 12.7 Å². The van der Waals surface area contributed by atoms with Crippen molar-refractivity contribution in [3.63, 3.8) is 0 Å². The molecule has 0 bridgehead atoms. The molecule has 2 N–H and O–H groups in total. The van der Waals surface area contributed by atoms with E-state index in [2.05, 4.69) is 5.10 Å². The summed E-state index contributed by atoms with van der Waals surface area (Å²) in [5.41, 5.74) is 7.31. The van der Waals surface area contributed by atoms with Crippen LogP contribution in [0.2, 0.25) is 0 Å². The Labute approximate surface area is 182 Å². The Hall–Kier alpha value is -3.10. The second kappa shape index (κ2) is 8.95. The van der Waals surface area contributed by atoms with Crippen molar-refractivity contribution < 1.29 is 13.2 Å². The Morgan fingerprint density at radius 2 is 1.71 bits per heavy atom. The zero-order valence-corrected chi connectivity index (χ0v) is 17.2. The van der Waals surface area contributed by atoms with E-state index in [-0.39, 0.29) is 18.0 Å². The smallest absolute Gasteiger partial charge is 0.330 e. The minimum atomic E-state index is -4.39. The van der Waals surface area contributed by atoms with Crippen LogP contribution in [0.4, 0.5) is 13.2 Å². The van der Waals surface area contributed by atoms with Crippen LogP contribution in [0.15, 0.2) is 71.8 Å². The fourth-order valence-corrected chi connectivity index (χ4v) is 3.37. The van der Waals surface area contributed by atoms with E-state index in [1.165, 1.54) is 22.8 Å². The van der Waals surface area contributed by atoms with Crippen molar-refractivity contribution in [2.45, 2.75) is 19.1 Å². The first-order valence-electron chi connectivity index (χ1n) is 9.43. The van der Waals surface area contributed by atoms with E-state index in [9.17, 15) is 18.0 Å². The van der Waals surface area contributed by atoms with E-state index in [0.717, 1.165) is 36.0 Å². The quantitative estimate of drug-likeness (QED) is 0.483. The van der Waals surface area contributed by atoms with Gasteiger partial charge in [-0.2, -0.15) is 18.3 Å². The highest BCUT2D eigenvalue weighted by atomic mass is 35.5. The van der Waals surface area contributed by atoms with Crippen LogP contribution in [0.5, 0.6) is 0 Å². The van der Waals surface area contributed by atoms with Crippen LogP contribution < -0.4 is 11.3 Å². The molecule has 0 aliphatic carbocycles. The number of alkyl halides is 3. The molecule has 31 heavy (non-hydrogen) atoms. The van der Waals surface area contributed by atoms with Crippen LogP contribution in [-0.4, -0.2) is 20.9 Å². The third-order valence-corrected chi connectivity index (χ3v) is 4.94. The van der Waals surface area contributed by atoms with Crippen LogP contribution >= 0.6 is 12.4 Å². The molecule has 0 fully saturated rings. The number of rotatable bonds is 5. The van der Waals surface area contributed by atoms with E-state index in [1.54, 1.807) is 18.5 Å². The maximum absolute atomic E-state index is 12.7. The highest BCUT2D eigenvalue weighted by molar-refractivity contribution is 5.85. The van der Waals surface area contributed by atoms with Gasteiger partial charge in [0.2, 0.25) is 0 Å². The third kappa shape index (κ3) is 4.65. The molecule has 0 spiro atoms. The molecule has 0 radical (unpaired) electrons. The van der Waals surface area contributed by atoms with Gasteiger partial charge in [0.1, 0.15) is 0 Å². The molecule has 0 unspecified atom stereocenters. The van der Waals surface area contributed by atoms with Gasteiger partial charge in [0.15, 0.2) is 0 Å². The largest absolute Gasteiger partial charge is 0.416 e. The maximum atomic E-state index is 12.7. The Kier molecular flexibility index (Phi) is 6.52. The Morgan fingerprint density at radius 3 is 2.35 bits per heavy atom. The molecule has 0 atom stereocenters. The third-order valence-electron chi connectivity index (χ3n) is 4.94. The minimum Gasteiger partial charge on any atom is -0.330 e. The van der Waals surface area contributed by atoms with Gasteiger partial charge in [-0.15, -0.1) is 12.4 Å². The first-order valence-corrected chi connectivity index (χ1v) is 9.43. The summed E-state index contributed by atoms with van der Waals surface area (Å²) in [6.45, 7) is 1.31. The predicted molar refractivity (Wildman–Crippen MR) is 117 cm³/mol. The van der Waals surface area contributed by atoms with Gasteiger partial charge in [-0.05, 0) is 60.5 Å². The normalized spacial score (nSPS) is 11.5. The first kappa shape index (κ1) is 22.6. The highest BCUT2D eigenvalue weighted by Gasteiger charge is 2.29. The average Bonchev–Trinajstić information content (AvgIpc) is 3.14. The van der Waals surface area contributed by atoms with E-state index in [4.69, 9.17) is 5.73 Å². The number of fused-ring (bicyclic) bond motifs is 1. The lowest BCUT2D eigenvalue weighted by Gasteiger charge is -2.10. The van der Waals surface area contributed by atoms with Gasteiger partial charge < -0.3 is 5.73 Å². The number of hydrogen-bond acceptors (Lipinski definition) is 3. The second-order valence-corrected chi connectivity index (χ2v) is 6.95. The highest BCUT2D eigenvalue weighted by Crippen LogP contribution is 2.30. The summed E-state index contributed by atoms with van der Waals surface area (Å²) >= 11 is 0. The molecular formula is C22H20ClF3N4O. The van der Waals surface area contributed by atoms with Crippen LogP contribution in [0.3, 0.4) is 0 Å². The van der Waals surface area contributed by atoms with Crippen molar-refractivity contribution >= 4 is 23.3 Å². The Bertz CT molecular complexity index is 1250. The number of aromatic nitrogens is 3. The fourth-order valence-electron chi connectivity index (χ4n) is 3.37. The number of benzene rings is 2. The van der Waals surface area contributed by atoms with Crippen molar-refractivity contribution in [3.8, 4) is 16.8 Å². The summed E-state index contributed by atoms with van der Waals surface area (Å²) in [7, 11) is 0. The summed E-state index contributed by atoms with van der Waals surface area (Å²) in [6, 6.07) is 13.5. The Balaban J connectivity index is 0.00000272. The van der Waals surface area contributed by atoms with Crippen molar-refractivity contribution in [1.82, 2.24) is 14.3 Å². The number of aryl methyl sites for hydroxylation is 1. The first-order chi connectivity index (χ1) is 14.4. The maximum Gasteiger partial charge on any atom is 0.416 e. The van der Waals surface area contributed by atoms with Gasteiger partial charge in [0.25, 0.3) is 5.56 Å². The molecule has 4 rings (SSSR count). The molecule has 162 valence electrons. The lowest BCUT2D eigenvalue weighted by Crippen LogP contribution is -2.16. The molecule has 2 aromatic heterocycles. The second-order valence-electron chi connectivity index (χ2n) is 6.95. The molecule has 4 aromatic rings. The van der Waals surface area contributed by atoms with Gasteiger partial charge in [-0.25, -0.2) is 0 Å². The molecule has 9 heteroatoms. The lowest BCUT2D eigenvalue weighted by molar-refractivity contribution is -0.137. The molecule has 0 aliphatic heterocycles.